The number of hydrogen-bond acceptors (Lipinski definition) is 2. The number of rotatable bonds is 4. The summed E-state index contributed by atoms with van der Waals surface area (Å²) in [5.41, 5.74) is 12.4. The molecule has 0 amide bonds. The van der Waals surface area contributed by atoms with Gasteiger partial charge < -0.3 is 9.13 Å². The lowest BCUT2D eigenvalue weighted by atomic mass is 9.89. The van der Waals surface area contributed by atoms with Gasteiger partial charge in [-0.2, -0.15) is 0 Å². The zero-order valence-corrected chi connectivity index (χ0v) is 33.7. The van der Waals surface area contributed by atoms with Crippen LogP contribution < -0.4 is 0 Å². The normalized spacial score (nSPS) is 12.2. The number of aromatic nitrogens is 4. The summed E-state index contributed by atoms with van der Waals surface area (Å²) in [7, 11) is 0. The molecule has 0 atom stereocenters. The summed E-state index contributed by atoms with van der Waals surface area (Å²) in [6, 6.07) is 68.3. The van der Waals surface area contributed by atoms with E-state index in [9.17, 15) is 0 Å². The number of para-hydroxylation sites is 3. The highest BCUT2D eigenvalue weighted by Gasteiger charge is 2.23. The largest absolute Gasteiger partial charge is 0.309 e. The number of nitrogens with zero attached hydrogens (tertiary/aromatic N) is 4. The Labute approximate surface area is 347 Å². The van der Waals surface area contributed by atoms with Crippen molar-refractivity contribution in [1.82, 2.24) is 19.1 Å². The number of hydrogen-bond donors (Lipinski definition) is 0. The van der Waals surface area contributed by atoms with Crippen LogP contribution in [0.5, 0.6) is 0 Å². The van der Waals surface area contributed by atoms with E-state index in [0.29, 0.717) is 0 Å². The van der Waals surface area contributed by atoms with Crippen molar-refractivity contribution in [3.8, 4) is 33.9 Å². The fourth-order valence-electron chi connectivity index (χ4n) is 9.68. The first kappa shape index (κ1) is 34.5. The first-order valence-corrected chi connectivity index (χ1v) is 20.8. The second-order valence-corrected chi connectivity index (χ2v) is 17.0. The lowest BCUT2D eigenvalue weighted by Crippen LogP contribution is -2.15. The molecular formula is C56H40N4. The standard InChI is InChI=1S/C56H40N4/c1-56(2,3)54-44-22-11-13-23-47(44)57-55(58-54)43-28-32-49(41-20-10-9-19-40(41)43)60-48-24-14-12-21-42(48)45-33-36(26-29-50(45)60)37-27-30-51-46(34-37)53-39-18-8-7-15-35(39)25-31-52(53)59(51)38-16-5-4-6-17-38/h4-34H,1-3H3. The summed E-state index contributed by atoms with van der Waals surface area (Å²) in [6.45, 7) is 6.68. The minimum atomic E-state index is -0.143. The molecule has 12 rings (SSSR count). The molecule has 0 N–H and O–H groups in total. The van der Waals surface area contributed by atoms with Crippen LogP contribution in [0.4, 0.5) is 0 Å². The van der Waals surface area contributed by atoms with E-state index >= 15 is 0 Å². The van der Waals surface area contributed by atoms with Gasteiger partial charge >= 0.3 is 0 Å². The molecule has 4 nitrogen and oxygen atoms in total. The van der Waals surface area contributed by atoms with Gasteiger partial charge in [-0.3, -0.25) is 0 Å². The zero-order chi connectivity index (χ0) is 40.1. The molecule has 3 heterocycles. The van der Waals surface area contributed by atoms with E-state index in [1.165, 1.54) is 65.5 Å². The maximum absolute atomic E-state index is 5.27. The van der Waals surface area contributed by atoms with Gasteiger partial charge in [-0.1, -0.05) is 142 Å². The lowest BCUT2D eigenvalue weighted by Gasteiger charge is -2.21. The molecule has 0 bridgehead atoms. The van der Waals surface area contributed by atoms with Crippen LogP contribution in [0.3, 0.4) is 0 Å². The Balaban J connectivity index is 1.05. The van der Waals surface area contributed by atoms with E-state index in [2.05, 4.69) is 218 Å². The molecule has 0 fully saturated rings. The van der Waals surface area contributed by atoms with Crippen LogP contribution in [-0.2, 0) is 5.41 Å². The molecule has 0 radical (unpaired) electrons. The van der Waals surface area contributed by atoms with Gasteiger partial charge in [-0.25, -0.2) is 9.97 Å². The second kappa shape index (κ2) is 13.0. The summed E-state index contributed by atoms with van der Waals surface area (Å²) in [6.07, 6.45) is 0. The van der Waals surface area contributed by atoms with Crippen LogP contribution >= 0.6 is 0 Å². The minimum Gasteiger partial charge on any atom is -0.309 e. The average molecular weight is 769 g/mol. The van der Waals surface area contributed by atoms with E-state index in [4.69, 9.17) is 9.97 Å². The first-order valence-electron chi connectivity index (χ1n) is 20.8. The summed E-state index contributed by atoms with van der Waals surface area (Å²) in [5, 5.41) is 10.9. The second-order valence-electron chi connectivity index (χ2n) is 17.0. The third kappa shape index (κ3) is 5.17. The Bertz CT molecular complexity index is 3690. The molecule has 60 heavy (non-hydrogen) atoms. The van der Waals surface area contributed by atoms with Crippen molar-refractivity contribution in [3.63, 3.8) is 0 Å². The quantitative estimate of drug-likeness (QED) is 0.179. The lowest BCUT2D eigenvalue weighted by molar-refractivity contribution is 0.575. The fourth-order valence-corrected chi connectivity index (χ4v) is 9.68. The molecule has 284 valence electrons. The molecule has 0 aliphatic carbocycles. The van der Waals surface area contributed by atoms with Gasteiger partial charge in [-0.05, 0) is 94.0 Å². The van der Waals surface area contributed by atoms with Gasteiger partial charge in [0.05, 0.1) is 39.0 Å². The topological polar surface area (TPSA) is 35.6 Å². The Morgan fingerprint density at radius 1 is 0.400 bits per heavy atom. The van der Waals surface area contributed by atoms with Crippen molar-refractivity contribution >= 4 is 76.1 Å². The number of benzene rings is 9. The zero-order valence-electron chi connectivity index (χ0n) is 33.7. The Morgan fingerprint density at radius 2 is 1.00 bits per heavy atom. The molecule has 0 unspecified atom stereocenters. The van der Waals surface area contributed by atoms with Crippen molar-refractivity contribution < 1.29 is 0 Å². The number of fused-ring (bicyclic) bond motifs is 10. The summed E-state index contributed by atoms with van der Waals surface area (Å²) in [5.74, 6) is 0.755. The molecule has 0 spiro atoms. The van der Waals surface area contributed by atoms with Gasteiger partial charge in [0.1, 0.15) is 0 Å². The molecule has 9 aromatic carbocycles. The van der Waals surface area contributed by atoms with Crippen molar-refractivity contribution in [3.05, 3.63) is 194 Å². The van der Waals surface area contributed by atoms with Gasteiger partial charge in [-0.15, -0.1) is 0 Å². The van der Waals surface area contributed by atoms with E-state index in [1.807, 2.05) is 0 Å². The van der Waals surface area contributed by atoms with Crippen LogP contribution in [-0.4, -0.2) is 19.1 Å². The van der Waals surface area contributed by atoms with Gasteiger partial charge in [0.25, 0.3) is 0 Å². The van der Waals surface area contributed by atoms with Crippen LogP contribution in [0.1, 0.15) is 26.5 Å². The third-order valence-corrected chi connectivity index (χ3v) is 12.4. The smallest absolute Gasteiger partial charge is 0.160 e. The average Bonchev–Trinajstić information content (AvgIpc) is 3.80. The molecule has 0 saturated carbocycles. The minimum absolute atomic E-state index is 0.143. The van der Waals surface area contributed by atoms with Crippen LogP contribution in [0, 0.1) is 0 Å². The van der Waals surface area contributed by atoms with Crippen molar-refractivity contribution in [1.29, 1.82) is 0 Å². The molecule has 4 heteroatoms. The molecular weight excluding hydrogens is 729 g/mol. The summed E-state index contributed by atoms with van der Waals surface area (Å²) < 4.78 is 4.84. The van der Waals surface area contributed by atoms with Crippen LogP contribution in [0.2, 0.25) is 0 Å². The predicted molar refractivity (Wildman–Crippen MR) is 253 cm³/mol. The summed E-state index contributed by atoms with van der Waals surface area (Å²) >= 11 is 0. The molecule has 0 aliphatic rings. The Morgan fingerprint density at radius 3 is 1.78 bits per heavy atom. The first-order chi connectivity index (χ1) is 29.4. The van der Waals surface area contributed by atoms with E-state index < -0.39 is 0 Å². The monoisotopic (exact) mass is 768 g/mol. The maximum Gasteiger partial charge on any atom is 0.160 e. The van der Waals surface area contributed by atoms with Crippen LogP contribution in [0.15, 0.2) is 188 Å². The van der Waals surface area contributed by atoms with Gasteiger partial charge in [0, 0.05) is 49.0 Å². The SMILES string of the molecule is CC(C)(C)c1nc(-c2ccc(-n3c4ccccc4c4cc(-c5ccc6c(c5)c5c7ccccc7ccc5n6-c5ccccc5)ccc43)c3ccccc23)nc2ccccc12. The molecule has 0 aliphatic heterocycles. The molecule has 3 aromatic heterocycles. The van der Waals surface area contributed by atoms with Gasteiger partial charge in [0.2, 0.25) is 0 Å². The predicted octanol–water partition coefficient (Wildman–Crippen LogP) is 14.8. The van der Waals surface area contributed by atoms with E-state index in [0.717, 1.165) is 50.1 Å². The molecule has 0 saturated heterocycles. The van der Waals surface area contributed by atoms with Crippen molar-refractivity contribution in [2.45, 2.75) is 26.2 Å². The Hall–Kier alpha value is -7.56. The van der Waals surface area contributed by atoms with Gasteiger partial charge in [0.15, 0.2) is 5.82 Å². The highest BCUT2D eigenvalue weighted by molar-refractivity contribution is 6.22. The van der Waals surface area contributed by atoms with E-state index in [-0.39, 0.29) is 5.41 Å². The van der Waals surface area contributed by atoms with Crippen molar-refractivity contribution in [2.24, 2.45) is 0 Å². The highest BCUT2D eigenvalue weighted by Crippen LogP contribution is 2.42. The third-order valence-electron chi connectivity index (χ3n) is 12.4. The summed E-state index contributed by atoms with van der Waals surface area (Å²) in [4.78, 5) is 10.4. The van der Waals surface area contributed by atoms with Crippen LogP contribution in [0.25, 0.3) is 110 Å². The maximum atomic E-state index is 5.27. The fraction of sp³-hybridized carbons (Fsp3) is 0.0714. The Kier molecular flexibility index (Phi) is 7.45. The van der Waals surface area contributed by atoms with Crippen molar-refractivity contribution in [2.75, 3.05) is 0 Å². The van der Waals surface area contributed by atoms with E-state index in [1.54, 1.807) is 0 Å². The highest BCUT2D eigenvalue weighted by atomic mass is 15.0. The molecule has 12 aromatic rings.